The van der Waals surface area contributed by atoms with Crippen molar-refractivity contribution in [2.75, 3.05) is 12.9 Å². The Hall–Kier alpha value is -1.63. The number of rotatable bonds is 7. The van der Waals surface area contributed by atoms with E-state index in [0.29, 0.717) is 32.9 Å². The van der Waals surface area contributed by atoms with Gasteiger partial charge in [-0.15, -0.1) is 11.8 Å². The Balaban J connectivity index is 1.84. The molecule has 5 nitrogen and oxygen atoms in total. The first-order valence-electron chi connectivity index (χ1n) is 7.81. The summed E-state index contributed by atoms with van der Waals surface area (Å²) in [5.74, 6) is 1.29. The van der Waals surface area contributed by atoms with E-state index in [1.54, 1.807) is 31.2 Å². The Morgan fingerprint density at radius 3 is 2.69 bits per heavy atom. The fraction of sp³-hybridized carbons (Fsp3) is 0.333. The van der Waals surface area contributed by atoms with Gasteiger partial charge in [0, 0.05) is 10.0 Å². The van der Waals surface area contributed by atoms with Gasteiger partial charge < -0.3 is 14.5 Å². The van der Waals surface area contributed by atoms with Crippen LogP contribution >= 0.6 is 35.0 Å². The number of halogens is 2. The second-order valence-electron chi connectivity index (χ2n) is 5.62. The van der Waals surface area contributed by atoms with Crippen molar-refractivity contribution in [3.8, 4) is 0 Å². The third-order valence-corrected chi connectivity index (χ3v) is 5.18. The third-order valence-electron chi connectivity index (χ3n) is 3.66. The van der Waals surface area contributed by atoms with E-state index < -0.39 is 5.97 Å². The van der Waals surface area contributed by atoms with Gasteiger partial charge in [-0.2, -0.15) is 0 Å². The van der Waals surface area contributed by atoms with Gasteiger partial charge in [0.05, 0.1) is 24.7 Å². The molecule has 1 amide bonds. The van der Waals surface area contributed by atoms with Crippen LogP contribution in [0.5, 0.6) is 0 Å². The van der Waals surface area contributed by atoms with Crippen LogP contribution in [0.4, 0.5) is 0 Å². The predicted molar refractivity (Wildman–Crippen MR) is 104 cm³/mol. The molecule has 0 bridgehead atoms. The fourth-order valence-electron chi connectivity index (χ4n) is 2.39. The standard InChI is InChI=1S/C18H19Cl2NO4S/c1-10(14-5-4-12(19)6-16(14)20)21-17(22)9-26-8-13-7-15(11(2)25-13)18(23)24-3/h4-7,10H,8-9H2,1-3H3,(H,21,22)/t10-/m1/s1. The van der Waals surface area contributed by atoms with Crippen LogP contribution in [0.2, 0.25) is 10.0 Å². The zero-order valence-electron chi connectivity index (χ0n) is 14.6. The summed E-state index contributed by atoms with van der Waals surface area (Å²) in [7, 11) is 1.32. The van der Waals surface area contributed by atoms with E-state index in [2.05, 4.69) is 10.1 Å². The predicted octanol–water partition coefficient (Wildman–Crippen LogP) is 4.79. The molecule has 2 aromatic rings. The van der Waals surface area contributed by atoms with Crippen LogP contribution < -0.4 is 5.32 Å². The lowest BCUT2D eigenvalue weighted by molar-refractivity contribution is -0.119. The Labute approximate surface area is 166 Å². The molecule has 0 saturated carbocycles. The molecule has 2 rings (SSSR count). The Morgan fingerprint density at radius 1 is 1.31 bits per heavy atom. The van der Waals surface area contributed by atoms with Gasteiger partial charge in [-0.05, 0) is 37.6 Å². The molecule has 1 N–H and O–H groups in total. The van der Waals surface area contributed by atoms with Crippen molar-refractivity contribution >= 4 is 46.8 Å². The number of hydrogen-bond acceptors (Lipinski definition) is 5. The van der Waals surface area contributed by atoms with Crippen LogP contribution in [-0.4, -0.2) is 24.7 Å². The number of nitrogens with one attached hydrogen (secondary N) is 1. The van der Waals surface area contributed by atoms with E-state index in [9.17, 15) is 9.59 Å². The number of aryl methyl sites for hydroxylation is 1. The maximum Gasteiger partial charge on any atom is 0.341 e. The average Bonchev–Trinajstić information content (AvgIpc) is 2.94. The van der Waals surface area contributed by atoms with Crippen molar-refractivity contribution in [2.45, 2.75) is 25.6 Å². The van der Waals surface area contributed by atoms with Crippen LogP contribution in [0, 0.1) is 6.92 Å². The molecule has 0 aliphatic carbocycles. The highest BCUT2D eigenvalue weighted by molar-refractivity contribution is 7.99. The van der Waals surface area contributed by atoms with Crippen molar-refractivity contribution in [2.24, 2.45) is 0 Å². The summed E-state index contributed by atoms with van der Waals surface area (Å²) in [6.07, 6.45) is 0. The number of ether oxygens (including phenoxy) is 1. The average molecular weight is 416 g/mol. The molecular formula is C18H19Cl2NO4S. The van der Waals surface area contributed by atoms with Crippen molar-refractivity contribution < 1.29 is 18.7 Å². The molecule has 8 heteroatoms. The number of carbonyl (C=O) groups is 2. The lowest BCUT2D eigenvalue weighted by atomic mass is 10.1. The molecule has 1 aromatic carbocycles. The lowest BCUT2D eigenvalue weighted by Gasteiger charge is -2.15. The number of hydrogen-bond donors (Lipinski definition) is 1. The second kappa shape index (κ2) is 9.35. The van der Waals surface area contributed by atoms with E-state index in [4.69, 9.17) is 27.6 Å². The zero-order valence-corrected chi connectivity index (χ0v) is 16.9. The highest BCUT2D eigenvalue weighted by atomic mass is 35.5. The Bertz CT molecular complexity index is 806. The Morgan fingerprint density at radius 2 is 2.04 bits per heavy atom. The number of thioether (sulfide) groups is 1. The molecule has 0 aliphatic rings. The molecule has 26 heavy (non-hydrogen) atoms. The minimum Gasteiger partial charge on any atom is -0.465 e. The summed E-state index contributed by atoms with van der Waals surface area (Å²) in [5, 5.41) is 3.96. The first-order chi connectivity index (χ1) is 12.3. The van der Waals surface area contributed by atoms with Gasteiger partial charge in [-0.3, -0.25) is 4.79 Å². The van der Waals surface area contributed by atoms with Crippen LogP contribution in [0.15, 0.2) is 28.7 Å². The zero-order chi connectivity index (χ0) is 19.3. The highest BCUT2D eigenvalue weighted by Crippen LogP contribution is 2.26. The molecule has 0 fully saturated rings. The summed E-state index contributed by atoms with van der Waals surface area (Å²) in [4.78, 5) is 23.7. The van der Waals surface area contributed by atoms with Gasteiger partial charge in [0.25, 0.3) is 0 Å². The molecule has 1 aromatic heterocycles. The molecule has 1 heterocycles. The summed E-state index contributed by atoms with van der Waals surface area (Å²) < 4.78 is 10.2. The largest absolute Gasteiger partial charge is 0.465 e. The monoisotopic (exact) mass is 415 g/mol. The summed E-state index contributed by atoms with van der Waals surface area (Å²) in [6, 6.07) is 6.58. The topological polar surface area (TPSA) is 68.5 Å². The highest BCUT2D eigenvalue weighted by Gasteiger charge is 2.16. The quantitative estimate of drug-likeness (QED) is 0.658. The normalized spacial score (nSPS) is 11.9. The molecule has 0 unspecified atom stereocenters. The smallest absolute Gasteiger partial charge is 0.341 e. The lowest BCUT2D eigenvalue weighted by Crippen LogP contribution is -2.28. The summed E-state index contributed by atoms with van der Waals surface area (Å²) in [6.45, 7) is 3.56. The molecule has 1 atom stereocenters. The first kappa shape index (κ1) is 20.7. The number of amides is 1. The third kappa shape index (κ3) is 5.43. The minimum absolute atomic E-state index is 0.120. The number of furan rings is 1. The van der Waals surface area contributed by atoms with Crippen LogP contribution in [0.1, 0.15) is 40.4 Å². The SMILES string of the molecule is COC(=O)c1cc(CSCC(=O)N[C@H](C)c2ccc(Cl)cc2Cl)oc1C. The number of benzene rings is 1. The number of methoxy groups -OCH3 is 1. The van der Waals surface area contributed by atoms with Crippen molar-refractivity contribution in [3.05, 3.63) is 57.0 Å². The van der Waals surface area contributed by atoms with Gasteiger partial charge in [-0.1, -0.05) is 29.3 Å². The maximum absolute atomic E-state index is 12.1. The van der Waals surface area contributed by atoms with Crippen molar-refractivity contribution in [1.29, 1.82) is 0 Å². The molecular weight excluding hydrogens is 397 g/mol. The minimum atomic E-state index is -0.436. The molecule has 0 aliphatic heterocycles. The van der Waals surface area contributed by atoms with E-state index in [-0.39, 0.29) is 17.7 Å². The molecule has 0 saturated heterocycles. The molecule has 0 radical (unpaired) electrons. The van der Waals surface area contributed by atoms with E-state index >= 15 is 0 Å². The summed E-state index contributed by atoms with van der Waals surface area (Å²) in [5.41, 5.74) is 1.21. The maximum atomic E-state index is 12.1. The van der Waals surface area contributed by atoms with E-state index in [1.165, 1.54) is 18.9 Å². The van der Waals surface area contributed by atoms with Gasteiger partial charge in [0.2, 0.25) is 5.91 Å². The van der Waals surface area contributed by atoms with Gasteiger partial charge in [0.1, 0.15) is 17.1 Å². The van der Waals surface area contributed by atoms with Crippen LogP contribution in [-0.2, 0) is 15.3 Å². The van der Waals surface area contributed by atoms with E-state index in [0.717, 1.165) is 5.56 Å². The van der Waals surface area contributed by atoms with E-state index in [1.807, 2.05) is 6.92 Å². The summed E-state index contributed by atoms with van der Waals surface area (Å²) >= 11 is 13.4. The molecule has 140 valence electrons. The van der Waals surface area contributed by atoms with Gasteiger partial charge >= 0.3 is 5.97 Å². The Kier molecular flexibility index (Phi) is 7.43. The van der Waals surface area contributed by atoms with Gasteiger partial charge in [0.15, 0.2) is 0 Å². The van der Waals surface area contributed by atoms with Crippen molar-refractivity contribution in [1.82, 2.24) is 5.32 Å². The fourth-order valence-corrected chi connectivity index (χ4v) is 3.67. The van der Waals surface area contributed by atoms with Gasteiger partial charge in [-0.25, -0.2) is 4.79 Å². The second-order valence-corrected chi connectivity index (χ2v) is 7.45. The van der Waals surface area contributed by atoms with Crippen LogP contribution in [0.25, 0.3) is 0 Å². The number of esters is 1. The van der Waals surface area contributed by atoms with Crippen LogP contribution in [0.3, 0.4) is 0 Å². The molecule has 0 spiro atoms. The first-order valence-corrected chi connectivity index (χ1v) is 9.72. The number of carbonyl (C=O) groups excluding carboxylic acids is 2. The van der Waals surface area contributed by atoms with Crippen molar-refractivity contribution in [3.63, 3.8) is 0 Å².